The fourth-order valence-corrected chi connectivity index (χ4v) is 2.40. The lowest BCUT2D eigenvalue weighted by atomic mass is 10.2. The lowest BCUT2D eigenvalue weighted by molar-refractivity contribution is -0.115. The number of carbonyl (C=O) groups is 1. The molecule has 0 fully saturated rings. The number of carbonyl (C=O) groups excluding carboxylic acids is 1. The third-order valence-corrected chi connectivity index (χ3v) is 4.59. The average Bonchev–Trinajstić information content (AvgIpc) is 2.47. The summed E-state index contributed by atoms with van der Waals surface area (Å²) in [6.07, 6.45) is 0.389. The van der Waals surface area contributed by atoms with Crippen molar-refractivity contribution in [2.75, 3.05) is 17.2 Å². The van der Waals surface area contributed by atoms with Gasteiger partial charge in [0.25, 0.3) is 0 Å². The van der Waals surface area contributed by atoms with Crippen LogP contribution in [0.2, 0.25) is 5.02 Å². The van der Waals surface area contributed by atoms with Crippen LogP contribution in [0.15, 0.2) is 40.9 Å². The molecule has 0 heterocycles. The van der Waals surface area contributed by atoms with Crippen LogP contribution in [0.1, 0.15) is 17.5 Å². The number of nitrogens with one attached hydrogen (secondary N) is 2. The Labute approximate surface area is 144 Å². The molecule has 0 aromatic heterocycles. The predicted octanol–water partition coefficient (Wildman–Crippen LogP) is 5.16. The normalized spacial score (nSPS) is 10.4. The molecular weight excluding hydrogens is 364 g/mol. The molecular formula is C17H18BrClN2O. The number of amides is 1. The highest BCUT2D eigenvalue weighted by atomic mass is 79.9. The minimum atomic E-state index is -0.0209. The van der Waals surface area contributed by atoms with Gasteiger partial charge in [-0.25, -0.2) is 0 Å². The molecule has 2 rings (SSSR count). The van der Waals surface area contributed by atoms with Gasteiger partial charge < -0.3 is 10.6 Å². The monoisotopic (exact) mass is 380 g/mol. The third-order valence-electron chi connectivity index (χ3n) is 3.29. The van der Waals surface area contributed by atoms with Crippen molar-refractivity contribution in [3.8, 4) is 0 Å². The number of anilines is 2. The molecule has 0 saturated heterocycles. The van der Waals surface area contributed by atoms with E-state index in [1.165, 1.54) is 0 Å². The van der Waals surface area contributed by atoms with Crippen molar-refractivity contribution in [1.29, 1.82) is 0 Å². The van der Waals surface area contributed by atoms with Crippen molar-refractivity contribution in [3.05, 3.63) is 57.0 Å². The van der Waals surface area contributed by atoms with E-state index < -0.39 is 0 Å². The van der Waals surface area contributed by atoms with E-state index in [1.54, 1.807) is 0 Å². The number of hydrogen-bond acceptors (Lipinski definition) is 2. The highest BCUT2D eigenvalue weighted by molar-refractivity contribution is 9.10. The van der Waals surface area contributed by atoms with E-state index in [0.717, 1.165) is 32.0 Å². The second-order valence-corrected chi connectivity index (χ2v) is 6.41. The fraction of sp³-hybridized carbons (Fsp3) is 0.235. The van der Waals surface area contributed by atoms with Crippen LogP contribution in [0.3, 0.4) is 0 Å². The molecule has 0 aliphatic heterocycles. The van der Waals surface area contributed by atoms with Gasteiger partial charge in [-0.2, -0.15) is 0 Å². The largest absolute Gasteiger partial charge is 0.384 e. The zero-order valence-corrected chi connectivity index (χ0v) is 14.9. The second kappa shape index (κ2) is 7.65. The Balaban J connectivity index is 1.82. The van der Waals surface area contributed by atoms with Crippen molar-refractivity contribution in [2.24, 2.45) is 0 Å². The average molecular weight is 382 g/mol. The second-order valence-electron chi connectivity index (χ2n) is 5.15. The Hall–Kier alpha value is -1.52. The first kappa shape index (κ1) is 16.8. The maximum Gasteiger partial charge on any atom is 0.226 e. The van der Waals surface area contributed by atoms with Crippen molar-refractivity contribution in [3.63, 3.8) is 0 Å². The fourth-order valence-electron chi connectivity index (χ4n) is 1.97. The lowest BCUT2D eigenvalue weighted by Gasteiger charge is -2.09. The predicted molar refractivity (Wildman–Crippen MR) is 96.8 cm³/mol. The van der Waals surface area contributed by atoms with Gasteiger partial charge >= 0.3 is 0 Å². The molecule has 5 heteroatoms. The minimum absolute atomic E-state index is 0.0209. The van der Waals surface area contributed by atoms with E-state index in [4.69, 9.17) is 11.6 Å². The van der Waals surface area contributed by atoms with Crippen LogP contribution in [-0.2, 0) is 4.79 Å². The summed E-state index contributed by atoms with van der Waals surface area (Å²) in [5.41, 5.74) is 3.85. The minimum Gasteiger partial charge on any atom is -0.384 e. The van der Waals surface area contributed by atoms with Gasteiger partial charge in [0, 0.05) is 33.8 Å². The van der Waals surface area contributed by atoms with E-state index in [2.05, 4.69) is 26.6 Å². The van der Waals surface area contributed by atoms with Gasteiger partial charge in [0.1, 0.15) is 0 Å². The summed E-state index contributed by atoms with van der Waals surface area (Å²) in [7, 11) is 0. The zero-order chi connectivity index (χ0) is 16.1. The van der Waals surface area contributed by atoms with Gasteiger partial charge in [0.2, 0.25) is 5.91 Å². The first-order valence-corrected chi connectivity index (χ1v) is 8.19. The Bertz CT molecular complexity index is 688. The van der Waals surface area contributed by atoms with Gasteiger partial charge in [0.05, 0.1) is 0 Å². The summed E-state index contributed by atoms with van der Waals surface area (Å²) in [4.78, 5) is 11.9. The van der Waals surface area contributed by atoms with Crippen molar-refractivity contribution in [2.45, 2.75) is 20.3 Å². The molecule has 0 radical (unpaired) electrons. The van der Waals surface area contributed by atoms with Crippen LogP contribution in [0, 0.1) is 13.8 Å². The molecule has 0 atom stereocenters. The summed E-state index contributed by atoms with van der Waals surface area (Å²) < 4.78 is 1.03. The van der Waals surface area contributed by atoms with Gasteiger partial charge in [-0.05, 0) is 55.3 Å². The number of hydrogen-bond donors (Lipinski definition) is 2. The Morgan fingerprint density at radius 3 is 2.50 bits per heavy atom. The summed E-state index contributed by atoms with van der Waals surface area (Å²) in [5.74, 6) is -0.0209. The number of rotatable bonds is 5. The third kappa shape index (κ3) is 4.75. The molecule has 2 aromatic rings. The van der Waals surface area contributed by atoms with Crippen LogP contribution in [0.5, 0.6) is 0 Å². The van der Waals surface area contributed by atoms with Crippen LogP contribution < -0.4 is 10.6 Å². The molecule has 0 unspecified atom stereocenters. The van der Waals surface area contributed by atoms with Gasteiger partial charge in [-0.15, -0.1) is 0 Å². The lowest BCUT2D eigenvalue weighted by Crippen LogP contribution is -2.16. The summed E-state index contributed by atoms with van der Waals surface area (Å²) in [6, 6.07) is 11.5. The molecule has 0 saturated carbocycles. The maximum absolute atomic E-state index is 11.9. The smallest absolute Gasteiger partial charge is 0.226 e. The van der Waals surface area contributed by atoms with E-state index in [-0.39, 0.29) is 5.91 Å². The summed E-state index contributed by atoms with van der Waals surface area (Å²) in [5, 5.41) is 6.81. The first-order chi connectivity index (χ1) is 10.5. The van der Waals surface area contributed by atoms with Gasteiger partial charge in [0.15, 0.2) is 0 Å². The quantitative estimate of drug-likeness (QED) is 0.751. The zero-order valence-electron chi connectivity index (χ0n) is 12.5. The SMILES string of the molecule is Cc1ccc(NCCC(=O)Nc2ccc(Br)c(C)c2)cc1Cl. The van der Waals surface area contributed by atoms with Crippen LogP contribution >= 0.6 is 27.5 Å². The molecule has 1 amide bonds. The number of benzene rings is 2. The van der Waals surface area contributed by atoms with Crippen LogP contribution in [0.25, 0.3) is 0 Å². The van der Waals surface area contributed by atoms with Crippen LogP contribution in [0.4, 0.5) is 11.4 Å². The molecule has 116 valence electrons. The van der Waals surface area contributed by atoms with E-state index in [0.29, 0.717) is 13.0 Å². The summed E-state index contributed by atoms with van der Waals surface area (Å²) >= 11 is 9.51. The maximum atomic E-state index is 11.9. The van der Waals surface area contributed by atoms with Gasteiger partial charge in [-0.1, -0.05) is 33.6 Å². The van der Waals surface area contributed by atoms with E-state index in [9.17, 15) is 4.79 Å². The van der Waals surface area contributed by atoms with Gasteiger partial charge in [-0.3, -0.25) is 4.79 Å². The van der Waals surface area contributed by atoms with Crippen LogP contribution in [-0.4, -0.2) is 12.5 Å². The molecule has 2 aromatic carbocycles. The number of aryl methyl sites for hydroxylation is 2. The highest BCUT2D eigenvalue weighted by Gasteiger charge is 2.04. The highest BCUT2D eigenvalue weighted by Crippen LogP contribution is 2.21. The van der Waals surface area contributed by atoms with Crippen molar-refractivity contribution in [1.82, 2.24) is 0 Å². The Kier molecular flexibility index (Phi) is 5.86. The molecule has 0 spiro atoms. The molecule has 3 nitrogen and oxygen atoms in total. The Morgan fingerprint density at radius 2 is 1.82 bits per heavy atom. The molecule has 22 heavy (non-hydrogen) atoms. The molecule has 0 aliphatic carbocycles. The molecule has 0 bridgehead atoms. The number of halogens is 2. The first-order valence-electron chi connectivity index (χ1n) is 7.02. The topological polar surface area (TPSA) is 41.1 Å². The van der Waals surface area contributed by atoms with E-state index in [1.807, 2.05) is 50.2 Å². The van der Waals surface area contributed by atoms with E-state index >= 15 is 0 Å². The van der Waals surface area contributed by atoms with Crippen molar-refractivity contribution >= 4 is 44.8 Å². The molecule has 2 N–H and O–H groups in total. The van der Waals surface area contributed by atoms with Crippen molar-refractivity contribution < 1.29 is 4.79 Å². The Morgan fingerprint density at radius 1 is 1.09 bits per heavy atom. The molecule has 0 aliphatic rings. The standard InChI is InChI=1S/C17H18BrClN2O/c1-11-3-4-13(10-16(11)19)20-8-7-17(22)21-14-5-6-15(18)12(2)9-14/h3-6,9-10,20H,7-8H2,1-2H3,(H,21,22). The summed E-state index contributed by atoms with van der Waals surface area (Å²) in [6.45, 7) is 4.50.